The van der Waals surface area contributed by atoms with Crippen molar-refractivity contribution >= 4 is 27.0 Å². The van der Waals surface area contributed by atoms with Crippen molar-refractivity contribution in [2.75, 3.05) is 39.5 Å². The number of nitrogens with zero attached hydrogens (tertiary/aromatic N) is 3. The first kappa shape index (κ1) is 46.4. The second-order valence-electron chi connectivity index (χ2n) is 15.4. The molecular weight excluding hydrogens is 789 g/mol. The normalized spacial score (nSPS) is 23.8. The minimum Gasteiger partial charge on any atom is -0.374 e. The van der Waals surface area contributed by atoms with Crippen LogP contribution in [-0.4, -0.2) is 92.8 Å². The SMILES string of the molecule is [C-]#[N+]CCOP(OC[C@H]1O[C@@H](C)CC1NP(=S)(OCC[N+]#[C-])OCC[C@H]1O[C@@H](C)CC1NC(c1ccccc1)(c1ccccc1)c1ccccc1)N(C(C)C)C(C)C. The highest BCUT2D eigenvalue weighted by Crippen LogP contribution is 2.49. The van der Waals surface area contributed by atoms with E-state index >= 15 is 0 Å². The topological polar surface area (TPSA) is 91.4 Å². The van der Waals surface area contributed by atoms with Gasteiger partial charge in [-0.2, -0.15) is 0 Å². The average Bonchev–Trinajstić information content (AvgIpc) is 3.75. The van der Waals surface area contributed by atoms with Crippen LogP contribution in [0.3, 0.4) is 0 Å². The molecule has 0 spiro atoms. The fourth-order valence-corrected chi connectivity index (χ4v) is 12.0. The van der Waals surface area contributed by atoms with Crippen LogP contribution in [0.2, 0.25) is 0 Å². The Hall–Kier alpha value is -2.64. The summed E-state index contributed by atoms with van der Waals surface area (Å²) >= 11 is 6.17. The average molecular weight is 850 g/mol. The van der Waals surface area contributed by atoms with Gasteiger partial charge in [0.05, 0.1) is 43.2 Å². The third-order valence-corrected chi connectivity index (χ3v) is 15.1. The van der Waals surface area contributed by atoms with Crippen molar-refractivity contribution in [3.05, 3.63) is 131 Å². The standard InChI is InChI=1S/C44H61N5O6P2S/c1-33(2)49(34(3)4)56(50-28-25-45-7)51-32-43-41(31-36(6)55-43)48-57(58,53-29-26-46-8)52-27-24-42-40(30-35(5)54-42)47-44(37-18-12-9-13-19-37,38-20-14-10-15-21-38)39-22-16-11-17-23-39/h9-23,33-36,40-43,47H,24-32H2,1-6H3,(H,48,58)/t35-,36-,40?,41?,42+,43+,56?,57?/m0/s1. The summed E-state index contributed by atoms with van der Waals surface area (Å²) in [5, 5.41) is 7.70. The van der Waals surface area contributed by atoms with Gasteiger partial charge in [0.15, 0.2) is 0 Å². The number of hydrogen-bond acceptors (Lipinski definition) is 9. The highest BCUT2D eigenvalue weighted by Gasteiger charge is 2.44. The molecular formula is C44H61N5O6P2S. The summed E-state index contributed by atoms with van der Waals surface area (Å²) in [7, 11) is -1.44. The van der Waals surface area contributed by atoms with Crippen molar-refractivity contribution in [2.45, 2.75) is 115 Å². The molecule has 2 N–H and O–H groups in total. The van der Waals surface area contributed by atoms with Crippen LogP contribution in [0.15, 0.2) is 91.0 Å². The lowest BCUT2D eigenvalue weighted by molar-refractivity contribution is 0.0150. The molecule has 0 amide bonds. The summed E-state index contributed by atoms with van der Waals surface area (Å²) in [6, 6.07) is 32.0. The Morgan fingerprint density at radius 3 is 1.74 bits per heavy atom. The third-order valence-electron chi connectivity index (χ3n) is 10.4. The van der Waals surface area contributed by atoms with Crippen LogP contribution in [0, 0.1) is 13.1 Å². The van der Waals surface area contributed by atoms with E-state index in [0.717, 1.165) is 23.1 Å². The van der Waals surface area contributed by atoms with Gasteiger partial charge in [0, 0.05) is 24.2 Å². The monoisotopic (exact) mass is 849 g/mol. The summed E-state index contributed by atoms with van der Waals surface area (Å²) in [5.41, 5.74) is 2.79. The molecule has 0 bridgehead atoms. The van der Waals surface area contributed by atoms with Crippen molar-refractivity contribution < 1.29 is 27.6 Å². The zero-order valence-corrected chi connectivity index (χ0v) is 37.3. The van der Waals surface area contributed by atoms with Crippen LogP contribution >= 0.6 is 15.2 Å². The van der Waals surface area contributed by atoms with E-state index in [0.29, 0.717) is 26.1 Å². The molecule has 0 aromatic heterocycles. The smallest absolute Gasteiger partial charge is 0.261 e. The van der Waals surface area contributed by atoms with Crippen LogP contribution < -0.4 is 10.4 Å². The Morgan fingerprint density at radius 2 is 1.22 bits per heavy atom. The molecule has 314 valence electrons. The predicted octanol–water partition coefficient (Wildman–Crippen LogP) is 9.11. The summed E-state index contributed by atoms with van der Waals surface area (Å²) in [4.78, 5) is 6.96. The van der Waals surface area contributed by atoms with E-state index in [9.17, 15) is 0 Å². The third kappa shape index (κ3) is 12.5. The molecule has 0 saturated carbocycles. The molecule has 0 radical (unpaired) electrons. The van der Waals surface area contributed by atoms with E-state index in [1.54, 1.807) is 0 Å². The van der Waals surface area contributed by atoms with Gasteiger partial charge in [-0.3, -0.25) is 5.32 Å². The van der Waals surface area contributed by atoms with Crippen LogP contribution in [0.4, 0.5) is 0 Å². The van der Waals surface area contributed by atoms with Crippen molar-refractivity contribution in [1.82, 2.24) is 15.1 Å². The Labute approximate surface area is 353 Å². The molecule has 8 atom stereocenters. The fourth-order valence-electron chi connectivity index (χ4n) is 7.98. The van der Waals surface area contributed by atoms with E-state index in [1.807, 2.05) is 6.92 Å². The lowest BCUT2D eigenvalue weighted by atomic mass is 9.76. The van der Waals surface area contributed by atoms with Crippen LogP contribution in [0.5, 0.6) is 0 Å². The molecule has 2 aliphatic rings. The van der Waals surface area contributed by atoms with Gasteiger partial charge in [0.25, 0.3) is 15.2 Å². The first-order valence-electron chi connectivity index (χ1n) is 20.4. The van der Waals surface area contributed by atoms with Crippen LogP contribution in [-0.2, 0) is 44.9 Å². The largest absolute Gasteiger partial charge is 0.374 e. The molecule has 58 heavy (non-hydrogen) atoms. The summed E-state index contributed by atoms with van der Waals surface area (Å²) in [6.45, 7) is 25.6. The Bertz CT molecular complexity index is 1700. The molecule has 0 aliphatic carbocycles. The fraction of sp³-hybridized carbons (Fsp3) is 0.545. The van der Waals surface area contributed by atoms with Gasteiger partial charge in [-0.1, -0.05) is 91.0 Å². The predicted molar refractivity (Wildman–Crippen MR) is 236 cm³/mol. The van der Waals surface area contributed by atoms with E-state index in [1.165, 1.54) is 0 Å². The maximum Gasteiger partial charge on any atom is 0.261 e. The van der Waals surface area contributed by atoms with E-state index in [2.05, 4.69) is 150 Å². The first-order chi connectivity index (χ1) is 28.0. The molecule has 2 aliphatic heterocycles. The van der Waals surface area contributed by atoms with Gasteiger partial charge in [0.2, 0.25) is 13.1 Å². The Morgan fingerprint density at radius 1 is 0.741 bits per heavy atom. The van der Waals surface area contributed by atoms with Crippen LogP contribution in [0.25, 0.3) is 9.69 Å². The van der Waals surface area contributed by atoms with Crippen LogP contribution in [0.1, 0.15) is 77.5 Å². The number of ether oxygens (including phenoxy) is 2. The van der Waals surface area contributed by atoms with E-state index in [-0.39, 0.29) is 74.9 Å². The minimum atomic E-state index is -3.10. The molecule has 3 aromatic carbocycles. The van der Waals surface area contributed by atoms with Crippen molar-refractivity contribution in [3.63, 3.8) is 0 Å². The molecule has 11 nitrogen and oxygen atoms in total. The number of rotatable bonds is 23. The van der Waals surface area contributed by atoms with Gasteiger partial charge in [0.1, 0.15) is 13.2 Å². The van der Waals surface area contributed by atoms with Crippen molar-refractivity contribution in [1.29, 1.82) is 0 Å². The summed E-state index contributed by atoms with van der Waals surface area (Å²) in [5.74, 6) is 0. The molecule has 2 heterocycles. The first-order valence-corrected chi connectivity index (χ1v) is 24.2. The number of nitrogens with one attached hydrogen (secondary N) is 2. The van der Waals surface area contributed by atoms with Gasteiger partial charge in [-0.25, -0.2) is 22.9 Å². The van der Waals surface area contributed by atoms with Gasteiger partial charge >= 0.3 is 0 Å². The molecule has 2 saturated heterocycles. The zero-order valence-electron chi connectivity index (χ0n) is 34.7. The van der Waals surface area contributed by atoms with Gasteiger partial charge < -0.3 is 37.3 Å². The number of benzene rings is 3. The highest BCUT2D eigenvalue weighted by molar-refractivity contribution is 8.09. The number of hydrogen-bond donors (Lipinski definition) is 2. The molecule has 14 heteroatoms. The summed E-state index contributed by atoms with van der Waals surface area (Å²) in [6.07, 6.45) is 1.58. The van der Waals surface area contributed by atoms with Crippen molar-refractivity contribution in [2.24, 2.45) is 0 Å². The Kier molecular flexibility index (Phi) is 18.3. The van der Waals surface area contributed by atoms with Crippen molar-refractivity contribution in [3.8, 4) is 0 Å². The second-order valence-corrected chi connectivity index (χ2v) is 20.1. The maximum absolute atomic E-state index is 7.37. The lowest BCUT2D eigenvalue weighted by Gasteiger charge is -2.40. The van der Waals surface area contributed by atoms with Gasteiger partial charge in [-0.05, 0) is 89.3 Å². The molecule has 3 aromatic rings. The molecule has 5 rings (SSSR count). The Balaban J connectivity index is 1.32. The van der Waals surface area contributed by atoms with E-state index in [4.69, 9.17) is 52.5 Å². The lowest BCUT2D eigenvalue weighted by Crippen LogP contribution is -2.52. The maximum atomic E-state index is 7.37. The van der Waals surface area contributed by atoms with E-state index < -0.39 is 20.7 Å². The zero-order chi connectivity index (χ0) is 41.5. The summed E-state index contributed by atoms with van der Waals surface area (Å²) < 4.78 is 40.7. The molecule has 4 unspecified atom stereocenters. The van der Waals surface area contributed by atoms with Gasteiger partial charge in [-0.15, -0.1) is 0 Å². The second kappa shape index (κ2) is 22.8. The minimum absolute atomic E-state index is 0.0122. The molecule has 2 fully saturated rings. The highest BCUT2D eigenvalue weighted by atomic mass is 32.5. The quantitative estimate of drug-likeness (QED) is 0.0417.